The Morgan fingerprint density at radius 3 is 2.58 bits per heavy atom. The summed E-state index contributed by atoms with van der Waals surface area (Å²) < 4.78 is 26.7. The minimum atomic E-state index is -3.58. The molecule has 0 aromatic heterocycles. The second kappa shape index (κ2) is 6.22. The van der Waals surface area contributed by atoms with E-state index in [1.807, 2.05) is 0 Å². The Morgan fingerprint density at radius 2 is 2.00 bits per heavy atom. The van der Waals surface area contributed by atoms with Gasteiger partial charge in [-0.2, -0.15) is 4.31 Å². The van der Waals surface area contributed by atoms with Gasteiger partial charge >= 0.3 is 0 Å². The first kappa shape index (κ1) is 14.8. The van der Waals surface area contributed by atoms with Crippen molar-refractivity contribution >= 4 is 21.6 Å². The van der Waals surface area contributed by atoms with Crippen molar-refractivity contribution in [2.75, 3.05) is 13.2 Å². The lowest BCUT2D eigenvalue weighted by Gasteiger charge is -2.27. The third-order valence-electron chi connectivity index (χ3n) is 3.46. The number of hydrogen-bond acceptors (Lipinski definition) is 3. The summed E-state index contributed by atoms with van der Waals surface area (Å²) in [6, 6.07) is 6.26. The maximum absolute atomic E-state index is 12.6. The van der Waals surface area contributed by atoms with E-state index in [4.69, 9.17) is 16.7 Å². The lowest BCUT2D eigenvalue weighted by Crippen LogP contribution is -2.40. The predicted octanol–water partition coefficient (Wildman–Crippen LogP) is 2.27. The second-order valence-corrected chi connectivity index (χ2v) is 7.06. The van der Waals surface area contributed by atoms with Gasteiger partial charge in [0.15, 0.2) is 0 Å². The van der Waals surface area contributed by atoms with Gasteiger partial charge in [0.1, 0.15) is 0 Å². The van der Waals surface area contributed by atoms with E-state index in [9.17, 15) is 8.42 Å². The van der Waals surface area contributed by atoms with Crippen molar-refractivity contribution in [1.29, 1.82) is 0 Å². The molecule has 1 aromatic rings. The van der Waals surface area contributed by atoms with Crippen molar-refractivity contribution in [3.8, 4) is 0 Å². The summed E-state index contributed by atoms with van der Waals surface area (Å²) in [7, 11) is -3.58. The van der Waals surface area contributed by atoms with E-state index < -0.39 is 10.0 Å². The van der Waals surface area contributed by atoms with Crippen LogP contribution in [0, 0.1) is 0 Å². The highest BCUT2D eigenvalue weighted by Crippen LogP contribution is 2.29. The highest BCUT2D eigenvalue weighted by molar-refractivity contribution is 7.89. The first-order valence-electron chi connectivity index (χ1n) is 6.44. The molecule has 1 aromatic carbocycles. The molecule has 106 valence electrons. The van der Waals surface area contributed by atoms with Gasteiger partial charge < -0.3 is 5.11 Å². The summed E-state index contributed by atoms with van der Waals surface area (Å²) in [5.41, 5.74) is 0. The van der Waals surface area contributed by atoms with E-state index in [2.05, 4.69) is 0 Å². The minimum Gasteiger partial charge on any atom is -0.395 e. The molecule has 1 aliphatic rings. The zero-order chi connectivity index (χ0) is 13.9. The summed E-state index contributed by atoms with van der Waals surface area (Å²) in [5, 5.41) is 9.53. The summed E-state index contributed by atoms with van der Waals surface area (Å²) in [6.45, 7) is -0.0319. The average Bonchev–Trinajstić information content (AvgIpc) is 2.89. The third kappa shape index (κ3) is 3.28. The summed E-state index contributed by atoms with van der Waals surface area (Å²) >= 11 is 5.86. The molecule has 0 atom stereocenters. The molecule has 0 spiro atoms. The van der Waals surface area contributed by atoms with Crippen LogP contribution in [-0.4, -0.2) is 37.0 Å². The zero-order valence-corrected chi connectivity index (χ0v) is 12.2. The normalized spacial score (nSPS) is 17.2. The van der Waals surface area contributed by atoms with Gasteiger partial charge in [0, 0.05) is 17.6 Å². The number of rotatable bonds is 5. The van der Waals surface area contributed by atoms with Crippen LogP contribution in [-0.2, 0) is 10.0 Å². The van der Waals surface area contributed by atoms with Crippen molar-refractivity contribution in [3.63, 3.8) is 0 Å². The number of halogens is 1. The molecule has 0 radical (unpaired) electrons. The zero-order valence-electron chi connectivity index (χ0n) is 10.6. The smallest absolute Gasteiger partial charge is 0.243 e. The molecule has 0 saturated heterocycles. The molecule has 0 aliphatic heterocycles. The Hall–Kier alpha value is -0.620. The Bertz CT molecular complexity index is 526. The molecule has 1 aliphatic carbocycles. The van der Waals surface area contributed by atoms with E-state index in [1.54, 1.807) is 18.2 Å². The first-order valence-corrected chi connectivity index (χ1v) is 8.26. The van der Waals surface area contributed by atoms with E-state index >= 15 is 0 Å². The van der Waals surface area contributed by atoms with Crippen molar-refractivity contribution < 1.29 is 13.5 Å². The standard InChI is InChI=1S/C13H18ClNO3S/c14-11-4-3-7-13(10-11)19(17,18)15(8-9-16)12-5-1-2-6-12/h3-4,7,10,12,16H,1-2,5-6,8-9H2. The van der Waals surface area contributed by atoms with Crippen molar-refractivity contribution in [2.45, 2.75) is 36.6 Å². The van der Waals surface area contributed by atoms with E-state index in [-0.39, 0.29) is 24.1 Å². The largest absolute Gasteiger partial charge is 0.395 e. The van der Waals surface area contributed by atoms with Gasteiger partial charge in [0.2, 0.25) is 10.0 Å². The van der Waals surface area contributed by atoms with Crippen molar-refractivity contribution in [2.24, 2.45) is 0 Å². The van der Waals surface area contributed by atoms with Crippen LogP contribution in [0.25, 0.3) is 0 Å². The number of benzene rings is 1. The van der Waals surface area contributed by atoms with Crippen LogP contribution in [0.3, 0.4) is 0 Å². The SMILES string of the molecule is O=S(=O)(c1cccc(Cl)c1)N(CCO)C1CCCC1. The maximum Gasteiger partial charge on any atom is 0.243 e. The Balaban J connectivity index is 2.33. The third-order valence-corrected chi connectivity index (χ3v) is 5.64. The Kier molecular flexibility index (Phi) is 4.84. The average molecular weight is 304 g/mol. The number of nitrogens with zero attached hydrogens (tertiary/aromatic N) is 1. The van der Waals surface area contributed by atoms with Gasteiger partial charge in [-0.05, 0) is 31.0 Å². The molecule has 19 heavy (non-hydrogen) atoms. The number of hydrogen-bond donors (Lipinski definition) is 1. The Morgan fingerprint density at radius 1 is 1.32 bits per heavy atom. The van der Waals surface area contributed by atoms with Crippen LogP contribution in [0.4, 0.5) is 0 Å². The van der Waals surface area contributed by atoms with Gasteiger partial charge in [0.25, 0.3) is 0 Å². The van der Waals surface area contributed by atoms with Gasteiger partial charge in [-0.3, -0.25) is 0 Å². The molecule has 2 rings (SSSR count). The first-order chi connectivity index (χ1) is 9.05. The fourth-order valence-corrected chi connectivity index (χ4v) is 4.53. The molecular formula is C13H18ClNO3S. The fourth-order valence-electron chi connectivity index (χ4n) is 2.55. The molecule has 0 unspecified atom stereocenters. The second-order valence-electron chi connectivity index (χ2n) is 4.74. The van der Waals surface area contributed by atoms with Crippen molar-refractivity contribution in [1.82, 2.24) is 4.31 Å². The maximum atomic E-state index is 12.6. The monoisotopic (exact) mass is 303 g/mol. The van der Waals surface area contributed by atoms with Crippen molar-refractivity contribution in [3.05, 3.63) is 29.3 Å². The summed E-state index contributed by atoms with van der Waals surface area (Å²) in [4.78, 5) is 0.195. The minimum absolute atomic E-state index is 0.00358. The Labute approximate surface area is 119 Å². The molecule has 1 saturated carbocycles. The summed E-state index contributed by atoms with van der Waals surface area (Å²) in [6.07, 6.45) is 3.80. The van der Waals surface area contributed by atoms with Gasteiger partial charge in [0.05, 0.1) is 11.5 Å². The fraction of sp³-hybridized carbons (Fsp3) is 0.538. The molecule has 6 heteroatoms. The van der Waals surface area contributed by atoms with Crippen LogP contribution < -0.4 is 0 Å². The van der Waals surface area contributed by atoms with Gasteiger partial charge in [-0.1, -0.05) is 30.5 Å². The lowest BCUT2D eigenvalue weighted by atomic mass is 10.2. The topological polar surface area (TPSA) is 57.6 Å². The van der Waals surface area contributed by atoms with Crippen LogP contribution in [0.1, 0.15) is 25.7 Å². The quantitative estimate of drug-likeness (QED) is 0.908. The van der Waals surface area contributed by atoms with Crippen LogP contribution >= 0.6 is 11.6 Å². The van der Waals surface area contributed by atoms with Gasteiger partial charge in [-0.15, -0.1) is 0 Å². The highest BCUT2D eigenvalue weighted by Gasteiger charge is 2.32. The van der Waals surface area contributed by atoms with E-state index in [0.29, 0.717) is 5.02 Å². The molecule has 0 amide bonds. The lowest BCUT2D eigenvalue weighted by molar-refractivity contribution is 0.226. The van der Waals surface area contributed by atoms with E-state index in [1.165, 1.54) is 10.4 Å². The van der Waals surface area contributed by atoms with E-state index in [0.717, 1.165) is 25.7 Å². The highest BCUT2D eigenvalue weighted by atomic mass is 35.5. The van der Waals surface area contributed by atoms with Crippen LogP contribution in [0.2, 0.25) is 5.02 Å². The van der Waals surface area contributed by atoms with Crippen LogP contribution in [0.5, 0.6) is 0 Å². The molecular weight excluding hydrogens is 286 g/mol. The summed E-state index contributed by atoms with van der Waals surface area (Å²) in [5.74, 6) is 0. The number of aliphatic hydroxyl groups is 1. The number of sulfonamides is 1. The number of aliphatic hydroxyl groups excluding tert-OH is 1. The molecule has 4 nitrogen and oxygen atoms in total. The van der Waals surface area contributed by atoms with Crippen LogP contribution in [0.15, 0.2) is 29.2 Å². The molecule has 1 N–H and O–H groups in total. The molecule has 1 fully saturated rings. The van der Waals surface area contributed by atoms with Gasteiger partial charge in [-0.25, -0.2) is 8.42 Å². The predicted molar refractivity (Wildman–Crippen MR) is 74.7 cm³/mol. The molecule has 0 bridgehead atoms. The molecule has 0 heterocycles.